The van der Waals surface area contributed by atoms with Gasteiger partial charge in [0.2, 0.25) is 5.95 Å². The van der Waals surface area contributed by atoms with E-state index in [9.17, 15) is 14.0 Å². The first-order valence-corrected chi connectivity index (χ1v) is 8.26. The summed E-state index contributed by atoms with van der Waals surface area (Å²) in [6.45, 7) is 1.21. The number of hydrogen-bond donors (Lipinski definition) is 0. The van der Waals surface area contributed by atoms with Gasteiger partial charge in [-0.15, -0.1) is 0 Å². The lowest BCUT2D eigenvalue weighted by Crippen LogP contribution is -2.41. The summed E-state index contributed by atoms with van der Waals surface area (Å²) < 4.78 is 15.4. The quantitative estimate of drug-likeness (QED) is 0.624. The number of nitriles is 1. The van der Waals surface area contributed by atoms with Crippen LogP contribution in [0.25, 0.3) is 16.8 Å². The smallest absolute Gasteiger partial charge is 0.283 e. The van der Waals surface area contributed by atoms with Crippen molar-refractivity contribution in [2.24, 2.45) is 0 Å². The molecule has 3 heterocycles. The van der Waals surface area contributed by atoms with Crippen molar-refractivity contribution in [3.05, 3.63) is 73.2 Å². The highest BCUT2D eigenvalue weighted by Gasteiger charge is 2.20. The first-order valence-electron chi connectivity index (χ1n) is 7.51. The first kappa shape index (κ1) is 18.8. The number of aromatic nitrogens is 4. The molecule has 0 saturated heterocycles. The van der Waals surface area contributed by atoms with Crippen LogP contribution in [0.2, 0.25) is 10.0 Å². The molecular weight excluding hydrogens is 396 g/mol. The highest BCUT2D eigenvalue weighted by Crippen LogP contribution is 2.23. The molecule has 0 N–H and O–H groups in total. The van der Waals surface area contributed by atoms with E-state index in [0.717, 1.165) is 15.3 Å². The van der Waals surface area contributed by atoms with Gasteiger partial charge in [-0.2, -0.15) is 9.65 Å². The van der Waals surface area contributed by atoms with Crippen LogP contribution >= 0.6 is 23.2 Å². The molecule has 10 heteroatoms. The highest BCUT2D eigenvalue weighted by molar-refractivity contribution is 6.31. The summed E-state index contributed by atoms with van der Waals surface area (Å²) >= 11 is 11.7. The van der Waals surface area contributed by atoms with Gasteiger partial charge >= 0.3 is 5.69 Å². The lowest BCUT2D eigenvalue weighted by Gasteiger charge is -2.15. The largest absolute Gasteiger partial charge is 0.336 e. The normalized spacial score (nSPS) is 10.6. The van der Waals surface area contributed by atoms with E-state index in [1.165, 1.54) is 31.5 Å². The Balaban J connectivity index is 2.44. The fourth-order valence-corrected chi connectivity index (χ4v) is 2.98. The number of halogens is 3. The minimum Gasteiger partial charge on any atom is -0.283 e. The number of rotatable bonds is 3. The molecule has 0 bridgehead atoms. The molecule has 3 rings (SSSR count). The van der Waals surface area contributed by atoms with Crippen molar-refractivity contribution in [1.82, 2.24) is 19.1 Å². The zero-order valence-corrected chi connectivity index (χ0v) is 15.3. The average molecular weight is 406 g/mol. The maximum Gasteiger partial charge on any atom is 0.336 e. The zero-order valence-electron chi connectivity index (χ0n) is 13.8. The van der Waals surface area contributed by atoms with Crippen LogP contribution in [-0.4, -0.2) is 19.1 Å². The van der Waals surface area contributed by atoms with E-state index in [-0.39, 0.29) is 39.1 Å². The van der Waals surface area contributed by atoms with E-state index in [1.54, 1.807) is 0 Å². The first-order chi connectivity index (χ1) is 12.8. The minimum absolute atomic E-state index is 0.0548. The van der Waals surface area contributed by atoms with Crippen LogP contribution in [0.5, 0.6) is 0 Å². The summed E-state index contributed by atoms with van der Waals surface area (Å²) in [7, 11) is 0. The molecule has 0 radical (unpaired) electrons. The van der Waals surface area contributed by atoms with Crippen molar-refractivity contribution < 1.29 is 4.39 Å². The van der Waals surface area contributed by atoms with Crippen LogP contribution < -0.4 is 11.2 Å². The predicted octanol–water partition coefficient (Wildman–Crippen LogP) is 2.73. The van der Waals surface area contributed by atoms with Crippen molar-refractivity contribution in [3.8, 4) is 22.9 Å². The maximum absolute atomic E-state index is 13.4. The molecule has 0 aliphatic rings. The second-order valence-corrected chi connectivity index (χ2v) is 6.33. The van der Waals surface area contributed by atoms with Gasteiger partial charge in [-0.05, 0) is 19.1 Å². The maximum atomic E-state index is 13.4. The summed E-state index contributed by atoms with van der Waals surface area (Å²) in [5.41, 5.74) is -0.805. The van der Waals surface area contributed by atoms with Crippen LogP contribution in [0.4, 0.5) is 4.39 Å². The van der Waals surface area contributed by atoms with Crippen molar-refractivity contribution >= 4 is 23.2 Å². The molecule has 0 spiro atoms. The van der Waals surface area contributed by atoms with E-state index in [1.807, 2.05) is 6.07 Å². The minimum atomic E-state index is -0.886. The summed E-state index contributed by atoms with van der Waals surface area (Å²) in [4.78, 5) is 33.3. The SMILES string of the molecule is Cc1c(-c2cnc(F)c(Cl)c2)c(=O)n(-c2cncc(Cl)c2)c(=O)n1CC#N. The number of hydrogen-bond acceptors (Lipinski definition) is 5. The van der Waals surface area contributed by atoms with Crippen molar-refractivity contribution in [2.45, 2.75) is 13.5 Å². The van der Waals surface area contributed by atoms with Crippen LogP contribution in [0.3, 0.4) is 0 Å². The molecule has 0 atom stereocenters. The Kier molecular flexibility index (Phi) is 5.08. The number of pyridine rings is 2. The third kappa shape index (κ3) is 3.35. The van der Waals surface area contributed by atoms with Gasteiger partial charge in [-0.1, -0.05) is 23.2 Å². The molecule has 136 valence electrons. The zero-order chi connectivity index (χ0) is 19.7. The molecule has 27 heavy (non-hydrogen) atoms. The molecule has 3 aromatic heterocycles. The second kappa shape index (κ2) is 7.31. The Morgan fingerprint density at radius 2 is 1.96 bits per heavy atom. The molecule has 0 unspecified atom stereocenters. The van der Waals surface area contributed by atoms with E-state index in [2.05, 4.69) is 9.97 Å². The van der Waals surface area contributed by atoms with E-state index in [4.69, 9.17) is 28.5 Å². The van der Waals surface area contributed by atoms with E-state index in [0.29, 0.717) is 0 Å². The number of nitrogens with zero attached hydrogens (tertiary/aromatic N) is 5. The van der Waals surface area contributed by atoms with Crippen molar-refractivity contribution in [1.29, 1.82) is 5.26 Å². The molecule has 7 nitrogen and oxygen atoms in total. The fraction of sp³-hybridized carbons (Fsp3) is 0.118. The molecule has 3 aromatic rings. The Morgan fingerprint density at radius 1 is 1.22 bits per heavy atom. The second-order valence-electron chi connectivity index (χ2n) is 5.49. The molecular formula is C17H10Cl2FN5O2. The Hall–Kier alpha value is -3.02. The van der Waals surface area contributed by atoms with Gasteiger partial charge in [-0.25, -0.2) is 14.3 Å². The van der Waals surface area contributed by atoms with E-state index >= 15 is 0 Å². The molecule has 0 fully saturated rings. The molecule has 0 aliphatic carbocycles. The van der Waals surface area contributed by atoms with Gasteiger partial charge < -0.3 is 0 Å². The van der Waals surface area contributed by atoms with Gasteiger partial charge in [0.15, 0.2) is 0 Å². The third-order valence-corrected chi connectivity index (χ3v) is 4.34. The molecule has 0 aromatic carbocycles. The van der Waals surface area contributed by atoms with Gasteiger partial charge in [-0.3, -0.25) is 14.3 Å². The molecule has 0 aliphatic heterocycles. The summed E-state index contributed by atoms with van der Waals surface area (Å²) in [5, 5.41) is 9.02. The molecule has 0 amide bonds. The average Bonchev–Trinajstić information content (AvgIpc) is 2.62. The standard InChI is InChI=1S/C17H10Cl2FN5O2/c1-9-14(10-4-13(19)15(20)23-6-10)16(26)25(17(27)24(9)3-2-21)12-5-11(18)7-22-8-12/h4-8H,3H2,1H3. The van der Waals surface area contributed by atoms with Gasteiger partial charge in [0.05, 0.1) is 33.6 Å². The van der Waals surface area contributed by atoms with Gasteiger partial charge in [0, 0.05) is 23.7 Å². The van der Waals surface area contributed by atoms with Crippen LogP contribution in [0.15, 0.2) is 40.3 Å². The summed E-state index contributed by atoms with van der Waals surface area (Å²) in [6, 6.07) is 4.50. The third-order valence-electron chi connectivity index (χ3n) is 3.87. The van der Waals surface area contributed by atoms with Crippen LogP contribution in [-0.2, 0) is 6.54 Å². The molecule has 0 saturated carbocycles. The highest BCUT2D eigenvalue weighted by atomic mass is 35.5. The monoisotopic (exact) mass is 405 g/mol. The Morgan fingerprint density at radius 3 is 2.59 bits per heavy atom. The van der Waals surface area contributed by atoms with Crippen LogP contribution in [0.1, 0.15) is 5.69 Å². The Bertz CT molecular complexity index is 1210. The van der Waals surface area contributed by atoms with Gasteiger partial charge in [0.1, 0.15) is 6.54 Å². The van der Waals surface area contributed by atoms with Crippen LogP contribution in [0, 0.1) is 24.2 Å². The predicted molar refractivity (Wildman–Crippen MR) is 97.7 cm³/mol. The summed E-state index contributed by atoms with van der Waals surface area (Å²) in [5.74, 6) is -0.886. The lowest BCUT2D eigenvalue weighted by atomic mass is 10.1. The fourth-order valence-electron chi connectivity index (χ4n) is 2.65. The van der Waals surface area contributed by atoms with E-state index < -0.39 is 17.2 Å². The topological polar surface area (TPSA) is 93.6 Å². The summed E-state index contributed by atoms with van der Waals surface area (Å²) in [6.07, 6.45) is 3.77. The van der Waals surface area contributed by atoms with Crippen molar-refractivity contribution in [3.63, 3.8) is 0 Å². The Labute approximate surface area is 161 Å². The van der Waals surface area contributed by atoms with Crippen molar-refractivity contribution in [2.75, 3.05) is 0 Å². The lowest BCUT2D eigenvalue weighted by molar-refractivity contribution is 0.584. The van der Waals surface area contributed by atoms with Gasteiger partial charge in [0.25, 0.3) is 5.56 Å².